The largest absolute Gasteiger partial charge is 0.462 e. The molecule has 0 aliphatic rings. The van der Waals surface area contributed by atoms with Crippen LogP contribution in [-0.2, 0) is 22.1 Å². The van der Waals surface area contributed by atoms with Gasteiger partial charge in [-0.3, -0.25) is 0 Å². The molecule has 0 spiro atoms. The zero-order valence-corrected chi connectivity index (χ0v) is 11.1. The molecule has 1 aromatic rings. The minimum atomic E-state index is -4.64. The van der Waals surface area contributed by atoms with E-state index in [1.807, 2.05) is 0 Å². The Hall–Kier alpha value is -1.83. The van der Waals surface area contributed by atoms with Crippen molar-refractivity contribution in [3.8, 4) is 0 Å². The summed E-state index contributed by atoms with van der Waals surface area (Å²) in [5.74, 6) is -1.29. The van der Waals surface area contributed by atoms with E-state index >= 15 is 0 Å². The highest BCUT2D eigenvalue weighted by Crippen LogP contribution is 2.31. The van der Waals surface area contributed by atoms with E-state index in [2.05, 4.69) is 4.98 Å². The van der Waals surface area contributed by atoms with Crippen molar-refractivity contribution in [1.29, 1.82) is 0 Å². The maximum absolute atomic E-state index is 12.7. The van der Waals surface area contributed by atoms with Gasteiger partial charge >= 0.3 is 12.1 Å². The van der Waals surface area contributed by atoms with Crippen LogP contribution in [0.3, 0.4) is 0 Å². The Morgan fingerprint density at radius 1 is 1.45 bits per heavy atom. The molecule has 0 aromatic carbocycles. The first-order chi connectivity index (χ1) is 9.31. The van der Waals surface area contributed by atoms with Crippen molar-refractivity contribution >= 4 is 11.8 Å². The van der Waals surface area contributed by atoms with Crippen molar-refractivity contribution in [2.75, 3.05) is 26.1 Å². The molecule has 1 aromatic heterocycles. The van der Waals surface area contributed by atoms with Crippen molar-refractivity contribution in [2.45, 2.75) is 19.5 Å². The van der Waals surface area contributed by atoms with Gasteiger partial charge in [-0.2, -0.15) is 13.2 Å². The van der Waals surface area contributed by atoms with Crippen molar-refractivity contribution in [2.24, 2.45) is 0 Å². The van der Waals surface area contributed by atoms with Crippen LogP contribution in [0.15, 0.2) is 6.07 Å². The van der Waals surface area contributed by atoms with Crippen LogP contribution in [-0.4, -0.2) is 31.3 Å². The number of nitrogen functional groups attached to an aromatic ring is 1. The minimum absolute atomic E-state index is 0.0863. The number of pyridine rings is 1. The van der Waals surface area contributed by atoms with Crippen LogP contribution >= 0.6 is 0 Å². The predicted molar refractivity (Wildman–Crippen MR) is 65.2 cm³/mol. The SMILES string of the molecule is CCOC(=O)c1c(CCOC)cc(C(F)(F)F)nc1N. The zero-order valence-electron chi connectivity index (χ0n) is 11.1. The minimum Gasteiger partial charge on any atom is -0.462 e. The second kappa shape index (κ2) is 6.56. The number of aromatic nitrogens is 1. The summed E-state index contributed by atoms with van der Waals surface area (Å²) in [6.45, 7) is 1.82. The normalized spacial score (nSPS) is 11.4. The summed E-state index contributed by atoms with van der Waals surface area (Å²) >= 11 is 0. The Morgan fingerprint density at radius 3 is 2.60 bits per heavy atom. The van der Waals surface area contributed by atoms with Crippen LogP contribution in [0.5, 0.6) is 0 Å². The highest BCUT2D eigenvalue weighted by atomic mass is 19.4. The molecule has 0 amide bonds. The summed E-state index contributed by atoms with van der Waals surface area (Å²) in [4.78, 5) is 15.0. The molecule has 0 aliphatic heterocycles. The molecule has 0 atom stereocenters. The Labute approximate surface area is 113 Å². The number of hydrogen-bond donors (Lipinski definition) is 1. The smallest absolute Gasteiger partial charge is 0.433 e. The lowest BCUT2D eigenvalue weighted by Crippen LogP contribution is -2.18. The van der Waals surface area contributed by atoms with Crippen molar-refractivity contribution in [3.05, 3.63) is 22.9 Å². The van der Waals surface area contributed by atoms with Crippen LogP contribution in [0.1, 0.15) is 28.5 Å². The van der Waals surface area contributed by atoms with Crippen LogP contribution < -0.4 is 5.73 Å². The number of anilines is 1. The third-order valence-electron chi connectivity index (χ3n) is 2.47. The number of carbonyl (C=O) groups is 1. The molecule has 0 radical (unpaired) electrons. The highest BCUT2D eigenvalue weighted by molar-refractivity contribution is 5.95. The van der Waals surface area contributed by atoms with Gasteiger partial charge in [-0.15, -0.1) is 0 Å². The summed E-state index contributed by atoms with van der Waals surface area (Å²) in [5.41, 5.74) is 4.28. The molecule has 0 unspecified atom stereocenters. The zero-order chi connectivity index (χ0) is 15.3. The molecular weight excluding hydrogens is 277 g/mol. The van der Waals surface area contributed by atoms with E-state index in [1.165, 1.54) is 7.11 Å². The summed E-state index contributed by atoms with van der Waals surface area (Å²) in [6, 6.07) is 0.793. The maximum Gasteiger partial charge on any atom is 0.433 e. The van der Waals surface area contributed by atoms with Crippen molar-refractivity contribution in [1.82, 2.24) is 4.98 Å². The Kier molecular flexibility index (Phi) is 5.32. The van der Waals surface area contributed by atoms with E-state index in [0.29, 0.717) is 0 Å². The standard InChI is InChI=1S/C12H15F3N2O3/c1-3-20-11(18)9-7(4-5-19-2)6-8(12(13,14)15)17-10(9)16/h6H,3-5H2,1-2H3,(H2,16,17). The van der Waals surface area contributed by atoms with E-state index in [-0.39, 0.29) is 30.8 Å². The van der Waals surface area contributed by atoms with Gasteiger partial charge in [0, 0.05) is 7.11 Å². The van der Waals surface area contributed by atoms with E-state index < -0.39 is 23.7 Å². The molecule has 5 nitrogen and oxygen atoms in total. The van der Waals surface area contributed by atoms with Crippen molar-refractivity contribution < 1.29 is 27.4 Å². The first-order valence-electron chi connectivity index (χ1n) is 5.83. The molecule has 8 heteroatoms. The first kappa shape index (κ1) is 16.2. The van der Waals surface area contributed by atoms with Gasteiger partial charge in [0.2, 0.25) is 0 Å². The summed E-state index contributed by atoms with van der Waals surface area (Å²) < 4.78 is 47.6. The molecule has 112 valence electrons. The third-order valence-corrected chi connectivity index (χ3v) is 2.47. The van der Waals surface area contributed by atoms with E-state index in [0.717, 1.165) is 6.07 Å². The molecule has 0 bridgehead atoms. The fraction of sp³-hybridized carbons (Fsp3) is 0.500. The average Bonchev–Trinajstić information content (AvgIpc) is 2.34. The molecule has 2 N–H and O–H groups in total. The van der Waals surface area contributed by atoms with Crippen LogP contribution in [0.2, 0.25) is 0 Å². The highest BCUT2D eigenvalue weighted by Gasteiger charge is 2.34. The number of rotatable bonds is 5. The van der Waals surface area contributed by atoms with Gasteiger partial charge in [0.15, 0.2) is 0 Å². The Morgan fingerprint density at radius 2 is 2.10 bits per heavy atom. The molecule has 0 fully saturated rings. The average molecular weight is 292 g/mol. The number of alkyl halides is 3. The van der Waals surface area contributed by atoms with Crippen LogP contribution in [0.4, 0.5) is 19.0 Å². The molecule has 0 aliphatic carbocycles. The number of nitrogens with zero attached hydrogens (tertiary/aromatic N) is 1. The van der Waals surface area contributed by atoms with Crippen LogP contribution in [0, 0.1) is 0 Å². The van der Waals surface area contributed by atoms with E-state index in [1.54, 1.807) is 6.92 Å². The number of methoxy groups -OCH3 is 1. The number of hydrogen-bond acceptors (Lipinski definition) is 5. The second-order valence-corrected chi connectivity index (χ2v) is 3.89. The molecular formula is C12H15F3N2O3. The quantitative estimate of drug-likeness (QED) is 0.841. The number of ether oxygens (including phenoxy) is 2. The maximum atomic E-state index is 12.7. The van der Waals surface area contributed by atoms with Gasteiger partial charge in [-0.25, -0.2) is 9.78 Å². The summed E-state index contributed by atoms with van der Waals surface area (Å²) in [5, 5.41) is 0. The van der Waals surface area contributed by atoms with Gasteiger partial charge in [0.25, 0.3) is 0 Å². The van der Waals surface area contributed by atoms with E-state index in [4.69, 9.17) is 15.2 Å². The number of carbonyl (C=O) groups excluding carboxylic acids is 1. The molecule has 1 rings (SSSR count). The van der Waals surface area contributed by atoms with E-state index in [9.17, 15) is 18.0 Å². The lowest BCUT2D eigenvalue weighted by molar-refractivity contribution is -0.141. The lowest BCUT2D eigenvalue weighted by atomic mass is 10.0. The third kappa shape index (κ3) is 3.83. The topological polar surface area (TPSA) is 74.4 Å². The van der Waals surface area contributed by atoms with Gasteiger partial charge in [0.1, 0.15) is 17.1 Å². The predicted octanol–water partition coefficient (Wildman–Crippen LogP) is 2.05. The monoisotopic (exact) mass is 292 g/mol. The summed E-state index contributed by atoms with van der Waals surface area (Å²) in [6.07, 6.45) is -4.54. The number of nitrogens with two attached hydrogens (primary N) is 1. The molecule has 0 saturated heterocycles. The van der Waals surface area contributed by atoms with Gasteiger partial charge in [-0.05, 0) is 25.0 Å². The molecule has 20 heavy (non-hydrogen) atoms. The number of halogens is 3. The lowest BCUT2D eigenvalue weighted by Gasteiger charge is -2.14. The van der Waals surface area contributed by atoms with Gasteiger partial charge < -0.3 is 15.2 Å². The molecule has 1 heterocycles. The molecule has 0 saturated carbocycles. The fourth-order valence-electron chi connectivity index (χ4n) is 1.61. The second-order valence-electron chi connectivity index (χ2n) is 3.89. The van der Waals surface area contributed by atoms with Gasteiger partial charge in [-0.1, -0.05) is 0 Å². The first-order valence-corrected chi connectivity index (χ1v) is 5.83. The fourth-order valence-corrected chi connectivity index (χ4v) is 1.61. The Bertz CT molecular complexity index is 490. The van der Waals surface area contributed by atoms with Crippen molar-refractivity contribution in [3.63, 3.8) is 0 Å². The van der Waals surface area contributed by atoms with Gasteiger partial charge in [0.05, 0.1) is 13.2 Å². The van der Waals surface area contributed by atoms with Crippen LogP contribution in [0.25, 0.3) is 0 Å². The Balaban J connectivity index is 3.30. The number of esters is 1. The summed E-state index contributed by atoms with van der Waals surface area (Å²) in [7, 11) is 1.40.